The van der Waals surface area contributed by atoms with E-state index in [9.17, 15) is 14.4 Å². The summed E-state index contributed by atoms with van der Waals surface area (Å²) >= 11 is 1.25. The molecule has 4 heterocycles. The van der Waals surface area contributed by atoms with Gasteiger partial charge in [0.1, 0.15) is 15.5 Å². The summed E-state index contributed by atoms with van der Waals surface area (Å²) in [6.07, 6.45) is 5.96. The number of aryl methyl sites for hydroxylation is 1. The van der Waals surface area contributed by atoms with Crippen molar-refractivity contribution in [3.63, 3.8) is 0 Å². The number of amides is 4. The third-order valence-corrected chi connectivity index (χ3v) is 8.27. The predicted molar refractivity (Wildman–Crippen MR) is 154 cm³/mol. The topological polar surface area (TPSA) is 126 Å². The lowest BCUT2D eigenvalue weighted by atomic mass is 10.1. The minimum absolute atomic E-state index is 0.0144. The van der Waals surface area contributed by atoms with Gasteiger partial charge in [0.2, 0.25) is 11.8 Å². The van der Waals surface area contributed by atoms with Crippen molar-refractivity contribution in [2.24, 2.45) is 0 Å². The summed E-state index contributed by atoms with van der Waals surface area (Å²) < 4.78 is 5.85. The highest BCUT2D eigenvalue weighted by Crippen LogP contribution is 2.46. The van der Waals surface area contributed by atoms with E-state index in [2.05, 4.69) is 25.9 Å². The average molecular weight is 557 g/mol. The van der Waals surface area contributed by atoms with Gasteiger partial charge in [-0.3, -0.25) is 14.5 Å². The molecular formula is C29H28N6O4S. The molecule has 0 spiro atoms. The molecule has 6 rings (SSSR count). The Morgan fingerprint density at radius 2 is 1.88 bits per heavy atom. The number of ether oxygens (including phenoxy) is 1. The Bertz CT molecular complexity index is 1620. The maximum absolute atomic E-state index is 13.5. The van der Waals surface area contributed by atoms with Gasteiger partial charge >= 0.3 is 6.03 Å². The molecule has 1 fully saturated rings. The molecule has 0 saturated heterocycles. The minimum Gasteiger partial charge on any atom is -0.439 e. The maximum Gasteiger partial charge on any atom is 0.331 e. The van der Waals surface area contributed by atoms with Gasteiger partial charge in [0, 0.05) is 30.8 Å². The molecule has 4 aromatic rings. The molecule has 2 aliphatic rings. The van der Waals surface area contributed by atoms with Crippen LogP contribution in [0.15, 0.2) is 54.9 Å². The minimum atomic E-state index is -0.391. The van der Waals surface area contributed by atoms with Crippen LogP contribution in [-0.2, 0) is 4.79 Å². The first-order valence-corrected chi connectivity index (χ1v) is 14.0. The zero-order chi connectivity index (χ0) is 27.8. The number of hydrogen-bond donors (Lipinski definition) is 3. The molecule has 0 radical (unpaired) electrons. The number of carbonyl (C=O) groups is 3. The Hall–Kier alpha value is -4.51. The van der Waals surface area contributed by atoms with E-state index in [0.717, 1.165) is 18.4 Å². The van der Waals surface area contributed by atoms with E-state index < -0.39 is 6.03 Å². The summed E-state index contributed by atoms with van der Waals surface area (Å²) in [5, 5.41) is 9.74. The third-order valence-electron chi connectivity index (χ3n) is 7.17. The van der Waals surface area contributed by atoms with Crippen molar-refractivity contribution < 1.29 is 19.1 Å². The van der Waals surface area contributed by atoms with Crippen LogP contribution in [0.4, 0.5) is 21.9 Å². The average Bonchev–Trinajstić information content (AvgIpc) is 3.55. The molecule has 0 unspecified atom stereocenters. The van der Waals surface area contributed by atoms with Crippen LogP contribution < -0.4 is 25.6 Å². The number of para-hydroxylation sites is 1. The molecule has 1 aliphatic heterocycles. The predicted octanol–water partition coefficient (Wildman–Crippen LogP) is 5.65. The van der Waals surface area contributed by atoms with Gasteiger partial charge in [0.05, 0.1) is 28.6 Å². The zero-order valence-corrected chi connectivity index (χ0v) is 22.9. The van der Waals surface area contributed by atoms with Gasteiger partial charge in [-0.25, -0.2) is 14.8 Å². The van der Waals surface area contributed by atoms with Crippen molar-refractivity contribution >= 4 is 56.5 Å². The standard InChI is InChI=1S/C29H28N6O4S/c1-3-22(36)32-17-9-10-18(14-17)33-27(37)26-25-24-20(11-12-30-28(24)40-26)35(29(38)34-25)21-15-31-23(13-16(21)2)39-19-7-5-4-6-8-19/h4-8,11-13,15,17-18H,3,9-10,14H2,1-2H3,(H,32,36)(H,33,37)(H,34,38)/t17-,18+/m1/s1. The van der Waals surface area contributed by atoms with Crippen molar-refractivity contribution in [3.8, 4) is 11.6 Å². The molecule has 1 aliphatic carbocycles. The van der Waals surface area contributed by atoms with Crippen LogP contribution in [0, 0.1) is 6.92 Å². The second-order valence-corrected chi connectivity index (χ2v) is 10.9. The molecule has 3 aromatic heterocycles. The SMILES string of the molecule is CCC(=O)N[C@@H]1CC[C@H](NC(=O)c2sc3nccc4c3c2NC(=O)N4c2cnc(Oc3ccccc3)cc2C)C1. The van der Waals surface area contributed by atoms with Crippen LogP contribution in [-0.4, -0.2) is 39.9 Å². The largest absolute Gasteiger partial charge is 0.439 e. The number of nitrogens with one attached hydrogen (secondary N) is 3. The highest BCUT2D eigenvalue weighted by atomic mass is 32.1. The molecule has 2 atom stereocenters. The van der Waals surface area contributed by atoms with Crippen molar-refractivity contribution in [1.29, 1.82) is 0 Å². The number of urea groups is 1. The van der Waals surface area contributed by atoms with E-state index in [4.69, 9.17) is 4.74 Å². The van der Waals surface area contributed by atoms with E-state index in [1.54, 1.807) is 29.4 Å². The Morgan fingerprint density at radius 1 is 1.10 bits per heavy atom. The molecule has 3 N–H and O–H groups in total. The van der Waals surface area contributed by atoms with Gasteiger partial charge in [-0.2, -0.15) is 0 Å². The first-order chi connectivity index (χ1) is 19.4. The number of rotatable bonds is 7. The van der Waals surface area contributed by atoms with E-state index in [1.807, 2.05) is 44.2 Å². The van der Waals surface area contributed by atoms with Crippen molar-refractivity contribution in [2.45, 2.75) is 51.6 Å². The molecule has 40 heavy (non-hydrogen) atoms. The Kier molecular flexibility index (Phi) is 6.81. The molecular weight excluding hydrogens is 528 g/mol. The monoisotopic (exact) mass is 556 g/mol. The maximum atomic E-state index is 13.5. The van der Waals surface area contributed by atoms with Gasteiger partial charge in [-0.1, -0.05) is 25.1 Å². The van der Waals surface area contributed by atoms with E-state index in [-0.39, 0.29) is 23.9 Å². The molecule has 4 amide bonds. The van der Waals surface area contributed by atoms with Gasteiger partial charge in [-0.05, 0) is 49.9 Å². The van der Waals surface area contributed by atoms with Gasteiger partial charge < -0.3 is 20.7 Å². The number of pyridine rings is 2. The van der Waals surface area contributed by atoms with E-state index in [0.29, 0.717) is 56.6 Å². The van der Waals surface area contributed by atoms with Crippen LogP contribution >= 0.6 is 11.3 Å². The number of carbonyl (C=O) groups excluding carboxylic acids is 3. The van der Waals surface area contributed by atoms with Crippen LogP contribution in [0.25, 0.3) is 10.2 Å². The Labute approximate surface area is 234 Å². The lowest BCUT2D eigenvalue weighted by Crippen LogP contribution is -2.38. The molecule has 11 heteroatoms. The second-order valence-electron chi connectivity index (χ2n) is 9.91. The summed E-state index contributed by atoms with van der Waals surface area (Å²) in [6.45, 7) is 3.71. The Balaban J connectivity index is 1.26. The van der Waals surface area contributed by atoms with Crippen LogP contribution in [0.3, 0.4) is 0 Å². The summed E-state index contributed by atoms with van der Waals surface area (Å²) in [5.41, 5.74) is 2.48. The molecule has 0 bridgehead atoms. The zero-order valence-electron chi connectivity index (χ0n) is 22.1. The number of thiophene rings is 1. The van der Waals surface area contributed by atoms with Gasteiger partial charge in [-0.15, -0.1) is 11.3 Å². The highest BCUT2D eigenvalue weighted by Gasteiger charge is 2.35. The van der Waals surface area contributed by atoms with E-state index in [1.165, 1.54) is 11.3 Å². The molecule has 1 aromatic carbocycles. The Morgan fingerprint density at radius 3 is 2.62 bits per heavy atom. The summed E-state index contributed by atoms with van der Waals surface area (Å²) in [5.74, 6) is 0.843. The fraction of sp³-hybridized carbons (Fsp3) is 0.276. The summed E-state index contributed by atoms with van der Waals surface area (Å²) in [6, 6.07) is 12.5. The van der Waals surface area contributed by atoms with Crippen molar-refractivity contribution in [1.82, 2.24) is 20.6 Å². The number of nitrogens with zero attached hydrogens (tertiary/aromatic N) is 3. The summed E-state index contributed by atoms with van der Waals surface area (Å²) in [4.78, 5) is 50.1. The molecule has 204 valence electrons. The number of benzene rings is 1. The van der Waals surface area contributed by atoms with Crippen LogP contribution in [0.5, 0.6) is 11.6 Å². The second kappa shape index (κ2) is 10.6. The van der Waals surface area contributed by atoms with Crippen molar-refractivity contribution in [2.75, 3.05) is 10.2 Å². The quantitative estimate of drug-likeness (QED) is 0.270. The fourth-order valence-corrected chi connectivity index (χ4v) is 6.25. The number of aromatic nitrogens is 2. The van der Waals surface area contributed by atoms with Crippen LogP contribution in [0.2, 0.25) is 0 Å². The number of anilines is 3. The lowest BCUT2D eigenvalue weighted by Gasteiger charge is -2.29. The lowest BCUT2D eigenvalue weighted by molar-refractivity contribution is -0.121. The fourth-order valence-electron chi connectivity index (χ4n) is 5.23. The smallest absolute Gasteiger partial charge is 0.331 e. The molecule has 1 saturated carbocycles. The van der Waals surface area contributed by atoms with Gasteiger partial charge in [0.15, 0.2) is 0 Å². The molecule has 10 nitrogen and oxygen atoms in total. The van der Waals surface area contributed by atoms with Crippen LogP contribution in [0.1, 0.15) is 47.8 Å². The van der Waals surface area contributed by atoms with Crippen molar-refractivity contribution in [3.05, 3.63) is 65.3 Å². The number of hydrogen-bond acceptors (Lipinski definition) is 7. The van der Waals surface area contributed by atoms with E-state index >= 15 is 0 Å². The third kappa shape index (κ3) is 4.84. The first kappa shape index (κ1) is 25.8. The highest BCUT2D eigenvalue weighted by molar-refractivity contribution is 7.21. The normalized spacial score (nSPS) is 17.9. The first-order valence-electron chi connectivity index (χ1n) is 13.2. The summed E-state index contributed by atoms with van der Waals surface area (Å²) in [7, 11) is 0. The van der Waals surface area contributed by atoms with Gasteiger partial charge in [0.25, 0.3) is 5.91 Å².